The van der Waals surface area contributed by atoms with Gasteiger partial charge in [0.25, 0.3) is 0 Å². The third kappa shape index (κ3) is 3.32. The molecule has 1 aliphatic rings. The van der Waals surface area contributed by atoms with Gasteiger partial charge in [-0.15, -0.1) is 0 Å². The quantitative estimate of drug-likeness (QED) is 0.882. The molecule has 0 saturated carbocycles. The van der Waals surface area contributed by atoms with Gasteiger partial charge < -0.3 is 10.4 Å². The van der Waals surface area contributed by atoms with Crippen LogP contribution in [0.4, 0.5) is 5.82 Å². The molecule has 0 spiro atoms. The highest BCUT2D eigenvalue weighted by Gasteiger charge is 2.22. The molecule has 1 aromatic heterocycles. The second kappa shape index (κ2) is 5.69. The molecular formula is C13H18N2O3S. The molecule has 0 amide bonds. The number of hydrogen-bond donors (Lipinski definition) is 2. The topological polar surface area (TPSA) is 79.3 Å². The number of carboxylic acids is 1. The van der Waals surface area contributed by atoms with E-state index >= 15 is 0 Å². The number of carbonyl (C=O) groups is 1. The van der Waals surface area contributed by atoms with E-state index < -0.39 is 16.8 Å². The number of hydrogen-bond acceptors (Lipinski definition) is 4. The first kappa shape index (κ1) is 14.0. The Morgan fingerprint density at radius 3 is 2.63 bits per heavy atom. The van der Waals surface area contributed by atoms with Crippen LogP contribution in [0, 0.1) is 13.8 Å². The van der Waals surface area contributed by atoms with Gasteiger partial charge in [0.1, 0.15) is 11.4 Å². The summed E-state index contributed by atoms with van der Waals surface area (Å²) in [5.41, 5.74) is 1.74. The van der Waals surface area contributed by atoms with Crippen LogP contribution in [0.3, 0.4) is 0 Å². The number of nitrogens with one attached hydrogen (secondary N) is 1. The summed E-state index contributed by atoms with van der Waals surface area (Å²) in [7, 11) is -0.719. The Kier molecular flexibility index (Phi) is 4.19. The van der Waals surface area contributed by atoms with E-state index in [1.807, 2.05) is 6.92 Å². The number of aryl methyl sites for hydroxylation is 2. The molecule has 0 bridgehead atoms. The summed E-state index contributed by atoms with van der Waals surface area (Å²) in [6, 6.07) is 1.93. The molecule has 5 nitrogen and oxygen atoms in total. The van der Waals surface area contributed by atoms with Gasteiger partial charge in [-0.2, -0.15) is 0 Å². The summed E-state index contributed by atoms with van der Waals surface area (Å²) in [5.74, 6) is 0.810. The molecule has 1 saturated heterocycles. The molecule has 6 heteroatoms. The van der Waals surface area contributed by atoms with Crippen LogP contribution in [0.2, 0.25) is 0 Å². The van der Waals surface area contributed by atoms with Crippen molar-refractivity contribution in [3.05, 3.63) is 22.9 Å². The predicted molar refractivity (Wildman–Crippen MR) is 75.2 cm³/mol. The zero-order valence-corrected chi connectivity index (χ0v) is 11.9. The minimum absolute atomic E-state index is 0.157. The van der Waals surface area contributed by atoms with E-state index in [9.17, 15) is 14.1 Å². The van der Waals surface area contributed by atoms with Crippen molar-refractivity contribution in [2.24, 2.45) is 0 Å². The fraction of sp³-hybridized carbons (Fsp3) is 0.538. The molecule has 0 atom stereocenters. The lowest BCUT2D eigenvalue weighted by Gasteiger charge is -2.24. The van der Waals surface area contributed by atoms with Crippen molar-refractivity contribution in [3.8, 4) is 0 Å². The minimum atomic E-state index is -0.966. The van der Waals surface area contributed by atoms with Crippen LogP contribution in [-0.2, 0) is 10.8 Å². The number of aromatic nitrogens is 1. The van der Waals surface area contributed by atoms with Crippen LogP contribution in [0.25, 0.3) is 0 Å². The molecule has 104 valence electrons. The first-order chi connectivity index (χ1) is 8.97. The van der Waals surface area contributed by atoms with Crippen LogP contribution in [0.15, 0.2) is 6.07 Å². The highest BCUT2D eigenvalue weighted by atomic mass is 32.2. The zero-order valence-electron chi connectivity index (χ0n) is 11.1. The molecule has 1 aromatic rings. The van der Waals surface area contributed by atoms with Gasteiger partial charge >= 0.3 is 5.97 Å². The normalized spacial score (nSPS) is 23.1. The highest BCUT2D eigenvalue weighted by Crippen LogP contribution is 2.22. The van der Waals surface area contributed by atoms with Crippen molar-refractivity contribution in [2.45, 2.75) is 32.7 Å². The van der Waals surface area contributed by atoms with E-state index in [1.54, 1.807) is 13.0 Å². The van der Waals surface area contributed by atoms with Crippen molar-refractivity contribution < 1.29 is 14.1 Å². The lowest BCUT2D eigenvalue weighted by molar-refractivity contribution is 0.0696. The molecule has 19 heavy (non-hydrogen) atoms. The van der Waals surface area contributed by atoms with Crippen molar-refractivity contribution in [1.29, 1.82) is 0 Å². The van der Waals surface area contributed by atoms with E-state index in [4.69, 9.17) is 0 Å². The maximum absolute atomic E-state index is 11.3. The fourth-order valence-electron chi connectivity index (χ4n) is 2.34. The Morgan fingerprint density at radius 2 is 2.05 bits per heavy atom. The third-order valence-electron chi connectivity index (χ3n) is 3.29. The van der Waals surface area contributed by atoms with Gasteiger partial charge in [-0.05, 0) is 38.3 Å². The van der Waals surface area contributed by atoms with E-state index in [0.717, 1.165) is 18.5 Å². The van der Waals surface area contributed by atoms with Crippen LogP contribution < -0.4 is 5.32 Å². The van der Waals surface area contributed by atoms with Crippen molar-refractivity contribution in [3.63, 3.8) is 0 Å². The lowest BCUT2D eigenvalue weighted by Crippen LogP contribution is -2.30. The molecule has 2 heterocycles. The number of pyridine rings is 1. The summed E-state index contributed by atoms with van der Waals surface area (Å²) < 4.78 is 11.3. The Labute approximate surface area is 114 Å². The van der Waals surface area contributed by atoms with Crippen LogP contribution in [-0.4, -0.2) is 37.8 Å². The molecule has 2 N–H and O–H groups in total. The summed E-state index contributed by atoms with van der Waals surface area (Å²) in [6.07, 6.45) is 1.58. The Balaban J connectivity index is 2.24. The first-order valence-corrected chi connectivity index (χ1v) is 7.79. The maximum Gasteiger partial charge on any atom is 0.339 e. The molecule has 0 unspecified atom stereocenters. The second-order valence-electron chi connectivity index (χ2n) is 4.88. The fourth-order valence-corrected chi connectivity index (χ4v) is 3.64. The molecular weight excluding hydrogens is 264 g/mol. The van der Waals surface area contributed by atoms with E-state index in [2.05, 4.69) is 10.3 Å². The Hall–Kier alpha value is -1.43. The van der Waals surface area contributed by atoms with Gasteiger partial charge in [-0.25, -0.2) is 9.78 Å². The minimum Gasteiger partial charge on any atom is -0.478 e. The number of carboxylic acid groups (broad SMARTS) is 1. The number of anilines is 1. The molecule has 2 rings (SSSR count). The number of rotatable bonds is 3. The van der Waals surface area contributed by atoms with Gasteiger partial charge in [0, 0.05) is 34.0 Å². The van der Waals surface area contributed by atoms with E-state index in [1.165, 1.54) is 0 Å². The van der Waals surface area contributed by atoms with Crippen LogP contribution in [0.5, 0.6) is 0 Å². The van der Waals surface area contributed by atoms with Crippen molar-refractivity contribution >= 4 is 22.6 Å². The summed E-state index contributed by atoms with van der Waals surface area (Å²) in [4.78, 5) is 15.6. The summed E-state index contributed by atoms with van der Waals surface area (Å²) in [6.45, 7) is 3.62. The standard InChI is InChI=1S/C13H18N2O3S/c1-8-7-9(2)14-12(11(8)13(16)17)15-10-3-5-19(18)6-4-10/h7,10H,3-6H2,1-2H3,(H,14,15)(H,16,17). The monoisotopic (exact) mass is 282 g/mol. The summed E-state index contributed by atoms with van der Waals surface area (Å²) in [5, 5.41) is 12.5. The smallest absolute Gasteiger partial charge is 0.339 e. The van der Waals surface area contributed by atoms with Gasteiger partial charge in [0.2, 0.25) is 0 Å². The molecule has 1 aliphatic heterocycles. The third-order valence-corrected chi connectivity index (χ3v) is 4.67. The van der Waals surface area contributed by atoms with Crippen LogP contribution >= 0.6 is 0 Å². The summed E-state index contributed by atoms with van der Waals surface area (Å²) >= 11 is 0. The van der Waals surface area contributed by atoms with Gasteiger partial charge in [-0.1, -0.05) is 0 Å². The Bertz CT molecular complexity index is 521. The van der Waals surface area contributed by atoms with Crippen molar-refractivity contribution in [1.82, 2.24) is 4.98 Å². The average molecular weight is 282 g/mol. The first-order valence-electron chi connectivity index (χ1n) is 6.30. The van der Waals surface area contributed by atoms with Crippen molar-refractivity contribution in [2.75, 3.05) is 16.8 Å². The number of nitrogens with zero attached hydrogens (tertiary/aromatic N) is 1. The van der Waals surface area contributed by atoms with E-state index in [0.29, 0.717) is 22.9 Å². The molecule has 0 aromatic carbocycles. The highest BCUT2D eigenvalue weighted by molar-refractivity contribution is 7.85. The van der Waals surface area contributed by atoms with E-state index in [-0.39, 0.29) is 11.6 Å². The molecule has 0 radical (unpaired) electrons. The predicted octanol–water partition coefficient (Wildman–Crippen LogP) is 1.72. The SMILES string of the molecule is Cc1cc(C)c(C(=O)O)c(NC2CCS(=O)CC2)n1. The largest absolute Gasteiger partial charge is 0.478 e. The molecule has 0 aliphatic carbocycles. The maximum atomic E-state index is 11.3. The van der Waals surface area contributed by atoms with Gasteiger partial charge in [0.15, 0.2) is 0 Å². The Morgan fingerprint density at radius 1 is 1.42 bits per heavy atom. The van der Waals surface area contributed by atoms with Gasteiger partial charge in [0.05, 0.1) is 0 Å². The average Bonchev–Trinajstić information content (AvgIpc) is 2.30. The second-order valence-corrected chi connectivity index (χ2v) is 6.57. The zero-order chi connectivity index (χ0) is 14.0. The lowest BCUT2D eigenvalue weighted by atomic mass is 10.1. The molecule has 1 fully saturated rings. The number of aromatic carboxylic acids is 1. The van der Waals surface area contributed by atoms with Crippen LogP contribution in [0.1, 0.15) is 34.5 Å². The van der Waals surface area contributed by atoms with Gasteiger partial charge in [-0.3, -0.25) is 4.21 Å².